The van der Waals surface area contributed by atoms with Crippen molar-refractivity contribution in [2.45, 2.75) is 31.5 Å². The molecular formula is C23H27N5O2S. The van der Waals surface area contributed by atoms with Gasteiger partial charge in [0.25, 0.3) is 0 Å². The second-order valence-electron chi connectivity index (χ2n) is 7.54. The van der Waals surface area contributed by atoms with Gasteiger partial charge in [-0.1, -0.05) is 36.0 Å². The van der Waals surface area contributed by atoms with E-state index in [1.165, 1.54) is 24.6 Å². The number of ether oxygens (including phenoxy) is 1. The lowest BCUT2D eigenvalue weighted by atomic mass is 10.1. The quantitative estimate of drug-likeness (QED) is 0.539. The molecule has 7 nitrogen and oxygen atoms in total. The van der Waals surface area contributed by atoms with E-state index in [-0.39, 0.29) is 11.7 Å². The molecule has 0 radical (unpaired) electrons. The molecule has 3 aromatic rings. The molecule has 0 unspecified atom stereocenters. The number of rotatable bonds is 8. The molecule has 162 valence electrons. The van der Waals surface area contributed by atoms with E-state index in [4.69, 9.17) is 4.74 Å². The third kappa shape index (κ3) is 5.26. The molecule has 0 bridgehead atoms. The number of benzene rings is 2. The van der Waals surface area contributed by atoms with Crippen LogP contribution in [0.15, 0.2) is 53.7 Å². The van der Waals surface area contributed by atoms with E-state index in [2.05, 4.69) is 26.5 Å². The van der Waals surface area contributed by atoms with Gasteiger partial charge in [0.15, 0.2) is 5.16 Å². The maximum absolute atomic E-state index is 12.7. The zero-order chi connectivity index (χ0) is 21.6. The monoisotopic (exact) mass is 437 g/mol. The minimum absolute atomic E-state index is 0.0586. The van der Waals surface area contributed by atoms with Crippen molar-refractivity contribution in [1.82, 2.24) is 19.7 Å². The molecule has 2 aromatic carbocycles. The zero-order valence-corrected chi connectivity index (χ0v) is 18.7. The number of nitrogens with zero attached hydrogens (tertiary/aromatic N) is 4. The van der Waals surface area contributed by atoms with Crippen LogP contribution >= 0.6 is 11.8 Å². The number of aromatic nitrogens is 3. The molecule has 0 saturated carbocycles. The number of methoxy groups -OCH3 is 1. The Morgan fingerprint density at radius 2 is 1.94 bits per heavy atom. The number of likely N-dealkylation sites (tertiary alicyclic amines) is 1. The predicted molar refractivity (Wildman–Crippen MR) is 123 cm³/mol. The molecule has 1 aromatic heterocycles. The molecule has 0 spiro atoms. The van der Waals surface area contributed by atoms with Crippen LogP contribution in [0.5, 0.6) is 5.75 Å². The summed E-state index contributed by atoms with van der Waals surface area (Å²) in [6, 6.07) is 15.7. The van der Waals surface area contributed by atoms with Gasteiger partial charge in [-0.15, -0.1) is 10.2 Å². The lowest BCUT2D eigenvalue weighted by Gasteiger charge is -2.17. The van der Waals surface area contributed by atoms with Crippen LogP contribution in [0.2, 0.25) is 0 Å². The zero-order valence-electron chi connectivity index (χ0n) is 17.9. The topological polar surface area (TPSA) is 72.3 Å². The molecule has 1 fully saturated rings. The second-order valence-corrected chi connectivity index (χ2v) is 8.49. The molecule has 1 N–H and O–H groups in total. The van der Waals surface area contributed by atoms with Crippen LogP contribution in [0.3, 0.4) is 0 Å². The first-order chi connectivity index (χ1) is 15.1. The van der Waals surface area contributed by atoms with Gasteiger partial charge in [0.1, 0.15) is 11.6 Å². The van der Waals surface area contributed by atoms with Crippen LogP contribution < -0.4 is 10.1 Å². The van der Waals surface area contributed by atoms with Gasteiger partial charge in [-0.3, -0.25) is 14.3 Å². The maximum Gasteiger partial charge on any atom is 0.234 e. The van der Waals surface area contributed by atoms with Crippen molar-refractivity contribution in [2.24, 2.45) is 0 Å². The van der Waals surface area contributed by atoms with E-state index >= 15 is 0 Å². The number of para-hydroxylation sites is 1. The minimum Gasteiger partial charge on any atom is -0.497 e. The molecule has 1 saturated heterocycles. The fraction of sp³-hybridized carbons (Fsp3) is 0.348. The summed E-state index contributed by atoms with van der Waals surface area (Å²) < 4.78 is 7.26. The van der Waals surface area contributed by atoms with Crippen molar-refractivity contribution in [3.63, 3.8) is 0 Å². The fourth-order valence-electron chi connectivity index (χ4n) is 3.76. The molecule has 1 aliphatic rings. The molecule has 1 amide bonds. The van der Waals surface area contributed by atoms with E-state index in [0.29, 0.717) is 5.16 Å². The normalized spacial score (nSPS) is 14.0. The van der Waals surface area contributed by atoms with E-state index in [1.807, 2.05) is 54.0 Å². The average molecular weight is 438 g/mol. The third-order valence-corrected chi connectivity index (χ3v) is 6.25. The number of thioether (sulfide) groups is 1. The van der Waals surface area contributed by atoms with Crippen LogP contribution in [0.1, 0.15) is 24.2 Å². The van der Waals surface area contributed by atoms with Crippen molar-refractivity contribution in [3.05, 3.63) is 59.9 Å². The fourth-order valence-corrected chi connectivity index (χ4v) is 4.56. The number of carbonyl (C=O) groups is 1. The predicted octanol–water partition coefficient (Wildman–Crippen LogP) is 3.91. The number of carbonyl (C=O) groups excluding carboxylic acids is 1. The second kappa shape index (κ2) is 9.98. The van der Waals surface area contributed by atoms with Crippen LogP contribution in [0.25, 0.3) is 5.69 Å². The van der Waals surface area contributed by atoms with Crippen LogP contribution in [0, 0.1) is 6.92 Å². The van der Waals surface area contributed by atoms with Crippen LogP contribution in [-0.4, -0.2) is 51.5 Å². The van der Waals surface area contributed by atoms with E-state index in [0.717, 1.165) is 48.1 Å². The number of amides is 1. The standard InChI is InChI=1S/C23H27N5O2S/c1-17-25-26-23(28(17)19-9-7-10-20(14-19)30-2)31-16-22(29)24-21-11-4-3-8-18(21)15-27-12-5-6-13-27/h3-4,7-11,14H,5-6,12-13,15-16H2,1-2H3,(H,24,29). The van der Waals surface area contributed by atoms with Gasteiger partial charge in [0.05, 0.1) is 18.6 Å². The molecule has 31 heavy (non-hydrogen) atoms. The highest BCUT2D eigenvalue weighted by atomic mass is 32.2. The van der Waals surface area contributed by atoms with Gasteiger partial charge in [-0.2, -0.15) is 0 Å². The summed E-state index contributed by atoms with van der Waals surface area (Å²) in [5.74, 6) is 1.71. The Labute approximate surface area is 186 Å². The largest absolute Gasteiger partial charge is 0.497 e. The first-order valence-corrected chi connectivity index (χ1v) is 11.4. The number of aryl methyl sites for hydroxylation is 1. The molecule has 1 aliphatic heterocycles. The van der Waals surface area contributed by atoms with Gasteiger partial charge >= 0.3 is 0 Å². The number of hydrogen-bond acceptors (Lipinski definition) is 6. The van der Waals surface area contributed by atoms with Crippen molar-refractivity contribution in [2.75, 3.05) is 31.3 Å². The Balaban J connectivity index is 1.42. The number of hydrogen-bond donors (Lipinski definition) is 1. The number of anilines is 1. The molecule has 8 heteroatoms. The van der Waals surface area contributed by atoms with Crippen molar-refractivity contribution < 1.29 is 9.53 Å². The molecule has 2 heterocycles. The summed E-state index contributed by atoms with van der Waals surface area (Å²) in [6.45, 7) is 5.01. The van der Waals surface area contributed by atoms with E-state index in [1.54, 1.807) is 7.11 Å². The number of nitrogens with one attached hydrogen (secondary N) is 1. The first-order valence-electron chi connectivity index (χ1n) is 10.4. The smallest absolute Gasteiger partial charge is 0.234 e. The molecular weight excluding hydrogens is 410 g/mol. The summed E-state index contributed by atoms with van der Waals surface area (Å²) in [4.78, 5) is 15.1. The van der Waals surface area contributed by atoms with Crippen LogP contribution in [-0.2, 0) is 11.3 Å². The van der Waals surface area contributed by atoms with Crippen LogP contribution in [0.4, 0.5) is 5.69 Å². The highest BCUT2D eigenvalue weighted by molar-refractivity contribution is 7.99. The van der Waals surface area contributed by atoms with Crippen molar-refractivity contribution in [1.29, 1.82) is 0 Å². The Bertz CT molecular complexity index is 1050. The highest BCUT2D eigenvalue weighted by Gasteiger charge is 2.16. The third-order valence-electron chi connectivity index (χ3n) is 5.32. The average Bonchev–Trinajstić information content (AvgIpc) is 3.43. The van der Waals surface area contributed by atoms with Gasteiger partial charge < -0.3 is 10.1 Å². The first kappa shape index (κ1) is 21.4. The highest BCUT2D eigenvalue weighted by Crippen LogP contribution is 2.25. The summed E-state index contributed by atoms with van der Waals surface area (Å²) in [7, 11) is 1.64. The van der Waals surface area contributed by atoms with Crippen molar-refractivity contribution in [3.8, 4) is 11.4 Å². The SMILES string of the molecule is COc1cccc(-n2c(C)nnc2SCC(=O)Nc2ccccc2CN2CCCC2)c1. The molecule has 4 rings (SSSR count). The van der Waals surface area contributed by atoms with Gasteiger partial charge in [-0.25, -0.2) is 0 Å². The lowest BCUT2D eigenvalue weighted by molar-refractivity contribution is -0.113. The van der Waals surface area contributed by atoms with Gasteiger partial charge in [0.2, 0.25) is 5.91 Å². The Kier molecular flexibility index (Phi) is 6.89. The van der Waals surface area contributed by atoms with Gasteiger partial charge in [-0.05, 0) is 56.6 Å². The lowest BCUT2D eigenvalue weighted by Crippen LogP contribution is -2.21. The van der Waals surface area contributed by atoms with E-state index in [9.17, 15) is 4.79 Å². The molecule has 0 atom stereocenters. The summed E-state index contributed by atoms with van der Waals surface area (Å²) in [5.41, 5.74) is 2.93. The molecule has 0 aliphatic carbocycles. The Hall–Kier alpha value is -2.84. The minimum atomic E-state index is -0.0586. The summed E-state index contributed by atoms with van der Waals surface area (Å²) in [5, 5.41) is 12.2. The summed E-state index contributed by atoms with van der Waals surface area (Å²) >= 11 is 1.37. The van der Waals surface area contributed by atoms with Gasteiger partial charge in [0, 0.05) is 18.3 Å². The maximum atomic E-state index is 12.7. The summed E-state index contributed by atoms with van der Waals surface area (Å²) in [6.07, 6.45) is 2.50. The van der Waals surface area contributed by atoms with Crippen molar-refractivity contribution >= 4 is 23.4 Å². The van der Waals surface area contributed by atoms with E-state index < -0.39 is 0 Å². The Morgan fingerprint density at radius 1 is 1.13 bits per heavy atom. The Morgan fingerprint density at radius 3 is 2.74 bits per heavy atom.